The van der Waals surface area contributed by atoms with Crippen LogP contribution in [0, 0.1) is 5.82 Å². The normalized spacial score (nSPS) is 12.2. The zero-order valence-electron chi connectivity index (χ0n) is 13.1. The van der Waals surface area contributed by atoms with Gasteiger partial charge in [-0.1, -0.05) is 23.2 Å². The van der Waals surface area contributed by atoms with Gasteiger partial charge in [0.1, 0.15) is 18.0 Å². The van der Waals surface area contributed by atoms with Crippen LogP contribution in [0.1, 0.15) is 17.7 Å². The molecule has 2 heterocycles. The first-order chi connectivity index (χ1) is 12.0. The van der Waals surface area contributed by atoms with E-state index in [1.165, 1.54) is 30.2 Å². The molecule has 1 atom stereocenters. The van der Waals surface area contributed by atoms with Crippen molar-refractivity contribution in [2.75, 3.05) is 5.73 Å². The number of pyridine rings is 1. The quantitative estimate of drug-likeness (QED) is 0.472. The van der Waals surface area contributed by atoms with Gasteiger partial charge in [0.05, 0.1) is 9.92 Å². The third-order valence-corrected chi connectivity index (χ3v) is 5.45. The number of rotatable bonds is 4. The van der Waals surface area contributed by atoms with Crippen molar-refractivity contribution < 1.29 is 4.39 Å². The minimum Gasteiger partial charge on any atom is -0.383 e. The number of thioether (sulfide) groups is 1. The second-order valence-electron chi connectivity index (χ2n) is 5.25. The van der Waals surface area contributed by atoms with Crippen LogP contribution >= 0.6 is 35.0 Å². The molecule has 128 valence electrons. The summed E-state index contributed by atoms with van der Waals surface area (Å²) >= 11 is 13.7. The monoisotopic (exact) mass is 394 g/mol. The first-order valence-electron chi connectivity index (χ1n) is 7.28. The van der Waals surface area contributed by atoms with Crippen LogP contribution in [0.15, 0.2) is 48.0 Å². The molecule has 0 aliphatic heterocycles. The van der Waals surface area contributed by atoms with E-state index in [2.05, 4.69) is 15.0 Å². The smallest absolute Gasteiger partial charge is 0.142 e. The Balaban J connectivity index is 1.94. The van der Waals surface area contributed by atoms with Crippen LogP contribution < -0.4 is 5.73 Å². The summed E-state index contributed by atoms with van der Waals surface area (Å²) in [4.78, 5) is 13.0. The Kier molecular flexibility index (Phi) is 5.42. The summed E-state index contributed by atoms with van der Waals surface area (Å²) in [6, 6.07) is 4.63. The largest absolute Gasteiger partial charge is 0.383 e. The van der Waals surface area contributed by atoms with E-state index in [9.17, 15) is 4.39 Å². The molecule has 0 amide bonds. The van der Waals surface area contributed by atoms with Gasteiger partial charge in [-0.2, -0.15) is 0 Å². The second-order valence-corrected chi connectivity index (χ2v) is 7.42. The van der Waals surface area contributed by atoms with Crippen molar-refractivity contribution in [1.82, 2.24) is 15.0 Å². The molecule has 2 aromatic heterocycles. The van der Waals surface area contributed by atoms with E-state index in [0.717, 1.165) is 16.0 Å². The maximum Gasteiger partial charge on any atom is 0.142 e. The molecule has 0 saturated carbocycles. The zero-order chi connectivity index (χ0) is 18.0. The van der Waals surface area contributed by atoms with Gasteiger partial charge in [0, 0.05) is 45.6 Å². The van der Waals surface area contributed by atoms with Gasteiger partial charge >= 0.3 is 0 Å². The molecule has 1 aromatic carbocycles. The van der Waals surface area contributed by atoms with Gasteiger partial charge in [0.25, 0.3) is 0 Å². The Bertz CT molecular complexity index is 909. The molecule has 25 heavy (non-hydrogen) atoms. The topological polar surface area (TPSA) is 64.7 Å². The van der Waals surface area contributed by atoms with Gasteiger partial charge in [-0.15, -0.1) is 11.8 Å². The Morgan fingerprint density at radius 2 is 1.84 bits per heavy atom. The van der Waals surface area contributed by atoms with Gasteiger partial charge in [-0.05, 0) is 25.1 Å². The van der Waals surface area contributed by atoms with Crippen molar-refractivity contribution in [3.63, 3.8) is 0 Å². The standard InChI is InChI=1S/C17H13Cl2FN4S/c1-9(15-12(18)2-3-13(20)16(15)19)25-14-4-10(7-24-17(14)21)11-5-22-8-23-6-11/h2-9H,1H3,(H2,21,24). The first-order valence-corrected chi connectivity index (χ1v) is 8.92. The third kappa shape index (κ3) is 3.86. The highest BCUT2D eigenvalue weighted by Gasteiger charge is 2.19. The van der Waals surface area contributed by atoms with Gasteiger partial charge in [-0.25, -0.2) is 19.3 Å². The second kappa shape index (κ2) is 7.56. The van der Waals surface area contributed by atoms with Crippen LogP contribution in [0.2, 0.25) is 10.0 Å². The summed E-state index contributed by atoms with van der Waals surface area (Å²) in [7, 11) is 0. The molecule has 0 radical (unpaired) electrons. The van der Waals surface area contributed by atoms with Crippen LogP contribution in [-0.2, 0) is 0 Å². The van der Waals surface area contributed by atoms with Crippen LogP contribution in [0.3, 0.4) is 0 Å². The zero-order valence-corrected chi connectivity index (χ0v) is 15.4. The fourth-order valence-corrected chi connectivity index (χ4v) is 4.26. The predicted octanol–water partition coefficient (Wildman–Crippen LogP) is 5.42. The number of aromatic nitrogens is 3. The molecular weight excluding hydrogens is 382 g/mol. The highest BCUT2D eigenvalue weighted by molar-refractivity contribution is 7.99. The number of nitrogen functional groups attached to an aromatic ring is 1. The van der Waals surface area contributed by atoms with Crippen molar-refractivity contribution in [2.24, 2.45) is 0 Å². The van der Waals surface area contributed by atoms with Gasteiger partial charge in [0.15, 0.2) is 0 Å². The molecular formula is C17H13Cl2FN4S. The number of hydrogen-bond acceptors (Lipinski definition) is 5. The van der Waals surface area contributed by atoms with E-state index in [0.29, 0.717) is 16.4 Å². The minimum absolute atomic E-state index is 0.0200. The van der Waals surface area contributed by atoms with Crippen molar-refractivity contribution in [3.8, 4) is 11.1 Å². The summed E-state index contributed by atoms with van der Waals surface area (Å²) in [5.41, 5.74) is 8.19. The van der Waals surface area contributed by atoms with Gasteiger partial charge in [0.2, 0.25) is 0 Å². The fraction of sp³-hybridized carbons (Fsp3) is 0.118. The number of hydrogen-bond donors (Lipinski definition) is 1. The molecule has 0 aliphatic carbocycles. The molecule has 1 unspecified atom stereocenters. The minimum atomic E-state index is -0.505. The van der Waals surface area contributed by atoms with Gasteiger partial charge in [-0.3, -0.25) is 0 Å². The fourth-order valence-electron chi connectivity index (χ4n) is 2.32. The maximum atomic E-state index is 13.8. The van der Waals surface area contributed by atoms with E-state index in [-0.39, 0.29) is 10.3 Å². The maximum absolute atomic E-state index is 13.8. The highest BCUT2D eigenvalue weighted by Crippen LogP contribution is 2.44. The molecule has 0 saturated heterocycles. The third-order valence-electron chi connectivity index (χ3n) is 3.57. The SMILES string of the molecule is CC(Sc1cc(-c2cncnc2)cnc1N)c1c(Cl)ccc(F)c1Cl. The van der Waals surface area contributed by atoms with E-state index in [1.807, 2.05) is 13.0 Å². The molecule has 0 spiro atoms. The molecule has 4 nitrogen and oxygen atoms in total. The first kappa shape index (κ1) is 17.9. The highest BCUT2D eigenvalue weighted by atomic mass is 35.5. The molecule has 3 aromatic rings. The Labute approximate surface area is 158 Å². The lowest BCUT2D eigenvalue weighted by molar-refractivity contribution is 0.626. The van der Waals surface area contributed by atoms with Crippen molar-refractivity contribution >= 4 is 40.8 Å². The summed E-state index contributed by atoms with van der Waals surface area (Å²) in [6.45, 7) is 1.88. The van der Waals surface area contributed by atoms with E-state index in [4.69, 9.17) is 28.9 Å². The molecule has 0 aliphatic rings. The van der Waals surface area contributed by atoms with Crippen LogP contribution in [0.4, 0.5) is 10.2 Å². The number of anilines is 1. The van der Waals surface area contributed by atoms with Crippen LogP contribution in [0.25, 0.3) is 11.1 Å². The number of nitrogens with zero attached hydrogens (tertiary/aromatic N) is 3. The lowest BCUT2D eigenvalue weighted by Gasteiger charge is -2.17. The molecule has 0 bridgehead atoms. The average Bonchev–Trinajstić information content (AvgIpc) is 2.61. The summed E-state index contributed by atoms with van der Waals surface area (Å²) in [5.74, 6) is -0.129. The summed E-state index contributed by atoms with van der Waals surface area (Å²) < 4.78 is 13.8. The Hall–Kier alpha value is -1.89. The molecule has 2 N–H and O–H groups in total. The summed E-state index contributed by atoms with van der Waals surface area (Å²) in [5, 5.41) is 0.208. The molecule has 8 heteroatoms. The number of benzene rings is 1. The lowest BCUT2D eigenvalue weighted by atomic mass is 10.1. The number of nitrogens with two attached hydrogens (primary N) is 1. The van der Waals surface area contributed by atoms with E-state index < -0.39 is 5.82 Å². The Morgan fingerprint density at radius 3 is 2.56 bits per heavy atom. The lowest BCUT2D eigenvalue weighted by Crippen LogP contribution is -1.98. The predicted molar refractivity (Wildman–Crippen MR) is 100 cm³/mol. The van der Waals surface area contributed by atoms with Crippen molar-refractivity contribution in [3.05, 3.63) is 64.5 Å². The molecule has 3 rings (SSSR count). The van der Waals surface area contributed by atoms with E-state index >= 15 is 0 Å². The number of halogens is 3. The van der Waals surface area contributed by atoms with Crippen molar-refractivity contribution in [2.45, 2.75) is 17.1 Å². The Morgan fingerprint density at radius 1 is 1.12 bits per heavy atom. The van der Waals surface area contributed by atoms with Crippen LogP contribution in [0.5, 0.6) is 0 Å². The van der Waals surface area contributed by atoms with Crippen molar-refractivity contribution in [1.29, 1.82) is 0 Å². The average molecular weight is 395 g/mol. The van der Waals surface area contributed by atoms with Crippen LogP contribution in [-0.4, -0.2) is 15.0 Å². The summed E-state index contributed by atoms with van der Waals surface area (Å²) in [6.07, 6.45) is 6.50. The van der Waals surface area contributed by atoms with E-state index in [1.54, 1.807) is 18.6 Å². The molecule has 0 fully saturated rings. The van der Waals surface area contributed by atoms with Gasteiger partial charge < -0.3 is 5.73 Å².